The molecule has 3 saturated heterocycles. The number of unbranched alkanes of at least 4 members (excludes halogenated alkanes) is 12. The third-order valence-corrected chi connectivity index (χ3v) is 14.4. The highest BCUT2D eigenvalue weighted by molar-refractivity contribution is 5.98. The Balaban J connectivity index is 1.59. The van der Waals surface area contributed by atoms with Crippen LogP contribution in [0.25, 0.3) is 0 Å². The van der Waals surface area contributed by atoms with Gasteiger partial charge >= 0.3 is 0 Å². The lowest BCUT2D eigenvalue weighted by atomic mass is 10.0. The zero-order chi connectivity index (χ0) is 54.2. The Morgan fingerprint density at radius 3 is 1.76 bits per heavy atom. The Hall–Kier alpha value is -5.38. The largest absolute Gasteiger partial charge is 0.508 e. The monoisotopic (exact) mass is 1040 g/mol. The van der Waals surface area contributed by atoms with Crippen LogP contribution >= 0.6 is 0 Å². The van der Waals surface area contributed by atoms with Gasteiger partial charge in [0.05, 0.1) is 18.3 Å². The van der Waals surface area contributed by atoms with Crippen LogP contribution in [0.2, 0.25) is 0 Å². The molecule has 13 N–H and O–H groups in total. The van der Waals surface area contributed by atoms with Crippen molar-refractivity contribution >= 4 is 47.3 Å². The number of nitrogens with two attached hydrogens (primary N) is 2. The molecular weight excluding hydrogens is 955 g/mol. The lowest BCUT2D eigenvalue weighted by molar-refractivity contribution is -0.145. The number of nitrogens with zero attached hydrogens (tertiary/aromatic N) is 2. The fraction of sp³-hybridized carbons (Fsp3) is 0.736. The molecule has 1 aromatic rings. The van der Waals surface area contributed by atoms with Crippen LogP contribution in [0, 0.1) is 0 Å². The second-order valence-electron chi connectivity index (χ2n) is 20.6. The summed E-state index contributed by atoms with van der Waals surface area (Å²) in [6.07, 6.45) is 11.3. The number of benzene rings is 1. The van der Waals surface area contributed by atoms with Crippen molar-refractivity contribution in [1.29, 1.82) is 0 Å². The highest BCUT2D eigenvalue weighted by atomic mass is 16.3. The van der Waals surface area contributed by atoms with Crippen LogP contribution < -0.4 is 38.1 Å². The molecule has 8 amide bonds. The molecule has 3 aliphatic rings. The van der Waals surface area contributed by atoms with E-state index < -0.39 is 108 Å². The lowest BCUT2D eigenvalue weighted by Gasteiger charge is -2.32. The number of aryl methyl sites for hydroxylation is 1. The Morgan fingerprint density at radius 1 is 0.676 bits per heavy atom. The molecule has 416 valence electrons. The van der Waals surface area contributed by atoms with E-state index in [0.717, 1.165) is 35.5 Å². The van der Waals surface area contributed by atoms with Gasteiger partial charge in [-0.15, -0.1) is 0 Å². The molecule has 0 unspecified atom stereocenters. The molecule has 1 aromatic carbocycles. The molecule has 0 spiro atoms. The van der Waals surface area contributed by atoms with Crippen molar-refractivity contribution in [2.75, 3.05) is 19.6 Å². The van der Waals surface area contributed by atoms with E-state index in [2.05, 4.69) is 33.5 Å². The van der Waals surface area contributed by atoms with Crippen molar-refractivity contribution in [2.45, 2.75) is 229 Å². The van der Waals surface area contributed by atoms with E-state index in [1.807, 2.05) is 0 Å². The number of amides is 8. The average molecular weight is 1040 g/mol. The Morgan fingerprint density at radius 2 is 1.20 bits per heavy atom. The van der Waals surface area contributed by atoms with E-state index >= 15 is 0 Å². The standard InChI is InChI=1S/C53H87N9O12/c1-3-4-5-6-7-8-9-10-11-12-13-14-15-22-45(67)56-40-20-17-16-19-39(47(55)68)57-50(71)43-30-37(65)32-61(43)52(73)42(21-18-29-54)59-48(69)41(28-25-35-23-26-36(64)27-24-35)58-51(72)44-31-38(66)33-62(44)53(74)46(34(2)63)60-49(40)70/h23-24,26-27,34,37-44,46,63-66H,3-22,25,28-33,54H2,1-2H3,(H2,55,68)(H,56,67)(H,57,71)(H,58,72)(H,59,69)(H,60,70)/t34-,37-,38-,39+,40+,41+,42+,43+,44+,46+/m1/s1. The van der Waals surface area contributed by atoms with Crippen molar-refractivity contribution in [3.63, 3.8) is 0 Å². The van der Waals surface area contributed by atoms with E-state index in [1.54, 1.807) is 12.1 Å². The maximum Gasteiger partial charge on any atom is 0.248 e. The van der Waals surface area contributed by atoms with Crippen LogP contribution in [0.4, 0.5) is 0 Å². The Bertz CT molecular complexity index is 1970. The number of carbonyl (C=O) groups is 8. The van der Waals surface area contributed by atoms with Gasteiger partial charge in [-0.05, 0) is 76.1 Å². The summed E-state index contributed by atoms with van der Waals surface area (Å²) in [4.78, 5) is 114. The van der Waals surface area contributed by atoms with Crippen LogP contribution in [0.15, 0.2) is 24.3 Å². The topological polar surface area (TPSA) is 336 Å². The fourth-order valence-electron chi connectivity index (χ4n) is 10.1. The highest BCUT2D eigenvalue weighted by Gasteiger charge is 2.45. The molecule has 21 heteroatoms. The van der Waals surface area contributed by atoms with Crippen LogP contribution in [-0.4, -0.2) is 158 Å². The molecule has 0 aromatic heterocycles. The van der Waals surface area contributed by atoms with Crippen molar-refractivity contribution < 1.29 is 58.8 Å². The molecule has 21 nitrogen and oxygen atoms in total. The number of nitrogens with one attached hydrogen (secondary N) is 5. The van der Waals surface area contributed by atoms with Gasteiger partial charge in [-0.25, -0.2) is 0 Å². The zero-order valence-electron chi connectivity index (χ0n) is 43.8. The first-order valence-corrected chi connectivity index (χ1v) is 27.4. The van der Waals surface area contributed by atoms with E-state index in [9.17, 15) is 58.8 Å². The number of phenols is 1. The number of aromatic hydroxyl groups is 1. The predicted octanol–water partition coefficient (Wildman–Crippen LogP) is 1.33. The summed E-state index contributed by atoms with van der Waals surface area (Å²) in [5, 5.41) is 55.9. The highest BCUT2D eigenvalue weighted by Crippen LogP contribution is 2.24. The number of rotatable bonds is 23. The minimum absolute atomic E-state index is 0.000735. The number of aliphatic hydroxyl groups is 3. The van der Waals surface area contributed by atoms with E-state index in [1.165, 1.54) is 70.4 Å². The normalized spacial score (nSPS) is 26.3. The zero-order valence-corrected chi connectivity index (χ0v) is 43.8. The smallest absolute Gasteiger partial charge is 0.248 e. The van der Waals surface area contributed by atoms with Gasteiger partial charge in [0.2, 0.25) is 47.3 Å². The number of aliphatic hydroxyl groups excluding tert-OH is 3. The van der Waals surface area contributed by atoms with Gasteiger partial charge in [-0.2, -0.15) is 0 Å². The van der Waals surface area contributed by atoms with Crippen molar-refractivity contribution in [1.82, 2.24) is 36.4 Å². The van der Waals surface area contributed by atoms with Crippen LogP contribution in [0.3, 0.4) is 0 Å². The molecule has 0 saturated carbocycles. The fourth-order valence-corrected chi connectivity index (χ4v) is 10.1. The number of primary amides is 1. The first kappa shape index (κ1) is 61.2. The summed E-state index contributed by atoms with van der Waals surface area (Å²) in [5.41, 5.74) is 12.3. The molecule has 4 rings (SSSR count). The molecule has 3 heterocycles. The predicted molar refractivity (Wildman–Crippen MR) is 276 cm³/mol. The van der Waals surface area contributed by atoms with Gasteiger partial charge in [-0.1, -0.05) is 109 Å². The molecule has 74 heavy (non-hydrogen) atoms. The second kappa shape index (κ2) is 32.1. The third kappa shape index (κ3) is 20.0. The summed E-state index contributed by atoms with van der Waals surface area (Å²) in [7, 11) is 0. The lowest BCUT2D eigenvalue weighted by Crippen LogP contribution is -2.61. The van der Waals surface area contributed by atoms with Gasteiger partial charge in [-0.3, -0.25) is 38.4 Å². The van der Waals surface area contributed by atoms with E-state index in [0.29, 0.717) is 12.0 Å². The molecule has 10 atom stereocenters. The maximum atomic E-state index is 14.4. The first-order valence-electron chi connectivity index (χ1n) is 27.4. The molecular formula is C53H87N9O12. The number of hydrogen-bond acceptors (Lipinski definition) is 13. The average Bonchev–Trinajstić information content (AvgIpc) is 3.97. The SMILES string of the molecule is CCCCCCCCCCCCCCCC(=O)N[C@H]1CCCC[C@@H](C(N)=O)NC(=O)[C@@H]2C[C@@H](O)CN2C(=O)[C@H](CCCN)NC(=O)[C@H](CCc2ccc(O)cc2)NC(=O)[C@@H]2C[C@@H](O)CN2C(=O)[C@H]([C@@H](C)O)NC1=O. The minimum atomic E-state index is -1.64. The van der Waals surface area contributed by atoms with Crippen LogP contribution in [-0.2, 0) is 44.8 Å². The second-order valence-corrected chi connectivity index (χ2v) is 20.6. The summed E-state index contributed by atoms with van der Waals surface area (Å²) < 4.78 is 0. The van der Waals surface area contributed by atoms with Crippen LogP contribution in [0.1, 0.15) is 167 Å². The third-order valence-electron chi connectivity index (χ3n) is 14.4. The van der Waals surface area contributed by atoms with Crippen molar-refractivity contribution in [3.8, 4) is 5.75 Å². The van der Waals surface area contributed by atoms with Crippen LogP contribution in [0.5, 0.6) is 5.75 Å². The van der Waals surface area contributed by atoms with Gasteiger partial charge in [0.25, 0.3) is 0 Å². The number of fused-ring (bicyclic) bond motifs is 2. The summed E-state index contributed by atoms with van der Waals surface area (Å²) in [5.74, 6) is -6.13. The molecule has 0 aliphatic carbocycles. The van der Waals surface area contributed by atoms with Crippen molar-refractivity contribution in [3.05, 3.63) is 29.8 Å². The Kier molecular flexibility index (Phi) is 26.6. The van der Waals surface area contributed by atoms with E-state index in [-0.39, 0.29) is 96.0 Å². The molecule has 0 radical (unpaired) electrons. The minimum Gasteiger partial charge on any atom is -0.508 e. The maximum absolute atomic E-state index is 14.4. The van der Waals surface area contributed by atoms with Gasteiger partial charge in [0.15, 0.2) is 0 Å². The summed E-state index contributed by atoms with van der Waals surface area (Å²) in [6, 6.07) is -3.23. The molecule has 0 bridgehead atoms. The number of carbonyl (C=O) groups excluding carboxylic acids is 8. The van der Waals surface area contributed by atoms with E-state index in [4.69, 9.17) is 11.5 Å². The molecule has 3 fully saturated rings. The van der Waals surface area contributed by atoms with Gasteiger partial charge in [0.1, 0.15) is 48.0 Å². The Labute approximate surface area is 436 Å². The van der Waals surface area contributed by atoms with Gasteiger partial charge < -0.3 is 68.3 Å². The first-order chi connectivity index (χ1) is 35.4. The summed E-state index contributed by atoms with van der Waals surface area (Å²) in [6.45, 7) is 2.98. The quantitative estimate of drug-likeness (QED) is 0.0691. The van der Waals surface area contributed by atoms with Crippen molar-refractivity contribution in [2.24, 2.45) is 11.5 Å². The number of hydrogen-bond donors (Lipinski definition) is 11. The van der Waals surface area contributed by atoms with Gasteiger partial charge in [0, 0.05) is 32.4 Å². The number of phenolic OH excluding ortho intramolecular Hbond substituents is 1. The summed E-state index contributed by atoms with van der Waals surface area (Å²) >= 11 is 0. The molecule has 3 aliphatic heterocycles.